The van der Waals surface area contributed by atoms with E-state index in [1.165, 1.54) is 4.90 Å². The topological polar surface area (TPSA) is 32.5 Å². The molecule has 0 bridgehead atoms. The smallest absolute Gasteiger partial charge is 0.330 e. The highest BCUT2D eigenvalue weighted by molar-refractivity contribution is 4.85. The molecule has 1 aliphatic rings. The Kier molecular flexibility index (Phi) is 4.58. The molecule has 6 heteroatoms. The molecule has 0 saturated carbocycles. The van der Waals surface area contributed by atoms with Gasteiger partial charge < -0.3 is 10.6 Å². The first kappa shape index (κ1) is 13.7. The molecule has 2 unspecified atom stereocenters. The molecule has 0 aliphatic carbocycles. The van der Waals surface area contributed by atoms with Crippen LogP contribution in [0.1, 0.15) is 13.3 Å². The third-order valence-electron chi connectivity index (χ3n) is 3.25. The van der Waals surface area contributed by atoms with Crippen molar-refractivity contribution >= 4 is 0 Å². The van der Waals surface area contributed by atoms with Gasteiger partial charge in [0.05, 0.1) is 0 Å². The van der Waals surface area contributed by atoms with E-state index in [2.05, 4.69) is 4.90 Å². The minimum absolute atomic E-state index is 0.0140. The molecule has 2 atom stereocenters. The summed E-state index contributed by atoms with van der Waals surface area (Å²) in [6.45, 7) is 3.62. The van der Waals surface area contributed by atoms with Crippen molar-refractivity contribution in [1.82, 2.24) is 9.80 Å². The number of nitrogens with zero attached hydrogens (tertiary/aromatic N) is 2. The zero-order chi connectivity index (χ0) is 12.3. The molecular weight excluding hydrogens is 219 g/mol. The molecule has 16 heavy (non-hydrogen) atoms. The molecule has 2 N–H and O–H groups in total. The van der Waals surface area contributed by atoms with Gasteiger partial charge in [-0.05, 0) is 26.9 Å². The molecule has 96 valence electrons. The van der Waals surface area contributed by atoms with Crippen LogP contribution < -0.4 is 5.73 Å². The van der Waals surface area contributed by atoms with E-state index < -0.39 is 12.2 Å². The van der Waals surface area contributed by atoms with Crippen molar-refractivity contribution in [2.24, 2.45) is 5.73 Å². The van der Waals surface area contributed by atoms with Gasteiger partial charge in [-0.25, -0.2) is 0 Å². The predicted molar refractivity (Wildman–Crippen MR) is 57.2 cm³/mol. The predicted octanol–water partition coefficient (Wildman–Crippen LogP) is 0.902. The molecule has 0 spiro atoms. The van der Waals surface area contributed by atoms with Gasteiger partial charge in [-0.2, -0.15) is 13.2 Å². The van der Waals surface area contributed by atoms with Gasteiger partial charge in [-0.3, -0.25) is 4.90 Å². The average molecular weight is 239 g/mol. The molecular formula is C10H20F3N3. The lowest BCUT2D eigenvalue weighted by Crippen LogP contribution is -2.57. The van der Waals surface area contributed by atoms with Gasteiger partial charge in [0.25, 0.3) is 0 Å². The van der Waals surface area contributed by atoms with Crippen LogP contribution in [-0.2, 0) is 0 Å². The highest BCUT2D eigenvalue weighted by atomic mass is 19.4. The number of hydrogen-bond donors (Lipinski definition) is 1. The molecule has 1 aliphatic heterocycles. The van der Waals surface area contributed by atoms with Crippen molar-refractivity contribution < 1.29 is 13.2 Å². The Labute approximate surface area is 94.4 Å². The first-order valence-corrected chi connectivity index (χ1v) is 5.57. The maximum Gasteiger partial charge on any atom is 0.404 e. The maximum atomic E-state index is 12.8. The quantitative estimate of drug-likeness (QED) is 0.794. The van der Waals surface area contributed by atoms with Gasteiger partial charge in [0.2, 0.25) is 0 Å². The van der Waals surface area contributed by atoms with E-state index >= 15 is 0 Å². The zero-order valence-corrected chi connectivity index (χ0v) is 9.80. The normalized spacial score (nSPS) is 27.0. The summed E-state index contributed by atoms with van der Waals surface area (Å²) >= 11 is 0. The summed E-state index contributed by atoms with van der Waals surface area (Å²) in [7, 11) is 1.94. The summed E-state index contributed by atoms with van der Waals surface area (Å²) in [5.74, 6) is 0. The van der Waals surface area contributed by atoms with Gasteiger partial charge in [-0.15, -0.1) is 0 Å². The Hall–Kier alpha value is -0.330. The van der Waals surface area contributed by atoms with E-state index in [9.17, 15) is 13.2 Å². The zero-order valence-electron chi connectivity index (χ0n) is 9.80. The Morgan fingerprint density at radius 3 is 2.44 bits per heavy atom. The SMILES string of the molecule is CC1CN(C(CCN)C(F)(F)F)CCN1C. The third-order valence-corrected chi connectivity index (χ3v) is 3.25. The van der Waals surface area contributed by atoms with Crippen LogP contribution in [0.4, 0.5) is 13.2 Å². The molecule has 0 aromatic heterocycles. The number of rotatable bonds is 3. The highest BCUT2D eigenvalue weighted by Crippen LogP contribution is 2.28. The van der Waals surface area contributed by atoms with Crippen LogP contribution in [0, 0.1) is 0 Å². The monoisotopic (exact) mass is 239 g/mol. The molecule has 1 heterocycles. The maximum absolute atomic E-state index is 12.8. The van der Waals surface area contributed by atoms with Crippen LogP contribution >= 0.6 is 0 Å². The summed E-state index contributed by atoms with van der Waals surface area (Å²) in [6, 6.07) is -1.22. The number of alkyl halides is 3. The van der Waals surface area contributed by atoms with Crippen molar-refractivity contribution in [3.05, 3.63) is 0 Å². The fourth-order valence-corrected chi connectivity index (χ4v) is 2.07. The number of piperazine rings is 1. The Bertz CT molecular complexity index is 220. The lowest BCUT2D eigenvalue weighted by atomic mass is 10.1. The van der Waals surface area contributed by atoms with E-state index in [0.717, 1.165) is 0 Å². The summed E-state index contributed by atoms with van der Waals surface area (Å²) in [4.78, 5) is 3.59. The average Bonchev–Trinajstić information content (AvgIpc) is 2.17. The molecule has 1 rings (SSSR count). The van der Waals surface area contributed by atoms with E-state index in [-0.39, 0.29) is 19.0 Å². The Morgan fingerprint density at radius 2 is 2.00 bits per heavy atom. The molecule has 1 saturated heterocycles. The minimum atomic E-state index is -4.17. The number of hydrogen-bond acceptors (Lipinski definition) is 3. The van der Waals surface area contributed by atoms with Crippen LogP contribution in [0.2, 0.25) is 0 Å². The number of likely N-dealkylation sites (N-methyl/N-ethyl adjacent to an activating group) is 1. The second-order valence-corrected chi connectivity index (χ2v) is 4.46. The van der Waals surface area contributed by atoms with Crippen LogP contribution in [0.25, 0.3) is 0 Å². The first-order valence-electron chi connectivity index (χ1n) is 5.57. The van der Waals surface area contributed by atoms with Crippen molar-refractivity contribution in [2.45, 2.75) is 31.6 Å². The lowest BCUT2D eigenvalue weighted by molar-refractivity contribution is -0.190. The fraction of sp³-hybridized carbons (Fsp3) is 1.00. The summed E-state index contributed by atoms with van der Waals surface area (Å²) in [6.07, 6.45) is -4.19. The number of halogens is 3. The first-order chi connectivity index (χ1) is 7.36. The third kappa shape index (κ3) is 3.33. The summed E-state index contributed by atoms with van der Waals surface area (Å²) in [5.41, 5.74) is 5.26. The number of nitrogens with two attached hydrogens (primary N) is 1. The van der Waals surface area contributed by atoms with Crippen molar-refractivity contribution in [3.8, 4) is 0 Å². The van der Waals surface area contributed by atoms with Gasteiger partial charge in [-0.1, -0.05) is 0 Å². The van der Waals surface area contributed by atoms with Crippen LogP contribution in [-0.4, -0.2) is 61.3 Å². The van der Waals surface area contributed by atoms with Crippen LogP contribution in [0.3, 0.4) is 0 Å². The van der Waals surface area contributed by atoms with Gasteiger partial charge >= 0.3 is 6.18 Å². The van der Waals surface area contributed by atoms with E-state index in [1.54, 1.807) is 0 Å². The van der Waals surface area contributed by atoms with Gasteiger partial charge in [0.15, 0.2) is 0 Å². The molecule has 1 fully saturated rings. The highest BCUT2D eigenvalue weighted by Gasteiger charge is 2.44. The molecule has 0 aromatic rings. The molecule has 3 nitrogen and oxygen atoms in total. The van der Waals surface area contributed by atoms with E-state index in [1.807, 2.05) is 14.0 Å². The Balaban J connectivity index is 2.65. The molecule has 0 aromatic carbocycles. The Morgan fingerprint density at radius 1 is 1.38 bits per heavy atom. The largest absolute Gasteiger partial charge is 0.404 e. The van der Waals surface area contributed by atoms with Gasteiger partial charge in [0, 0.05) is 25.7 Å². The van der Waals surface area contributed by atoms with E-state index in [4.69, 9.17) is 5.73 Å². The standard InChI is InChI=1S/C10H20F3N3/c1-8-7-16(6-5-15(8)2)9(3-4-14)10(11,12)13/h8-9H,3-7,14H2,1-2H3. The van der Waals surface area contributed by atoms with E-state index in [0.29, 0.717) is 19.6 Å². The van der Waals surface area contributed by atoms with Crippen molar-refractivity contribution in [2.75, 3.05) is 33.2 Å². The van der Waals surface area contributed by atoms with Crippen molar-refractivity contribution in [1.29, 1.82) is 0 Å². The second-order valence-electron chi connectivity index (χ2n) is 4.46. The fourth-order valence-electron chi connectivity index (χ4n) is 2.07. The van der Waals surface area contributed by atoms with Gasteiger partial charge in [0.1, 0.15) is 6.04 Å². The summed E-state index contributed by atoms with van der Waals surface area (Å²) in [5, 5.41) is 0. The van der Waals surface area contributed by atoms with Crippen LogP contribution in [0.15, 0.2) is 0 Å². The van der Waals surface area contributed by atoms with Crippen LogP contribution in [0.5, 0.6) is 0 Å². The summed E-state index contributed by atoms with van der Waals surface area (Å²) < 4.78 is 38.4. The van der Waals surface area contributed by atoms with Crippen molar-refractivity contribution in [3.63, 3.8) is 0 Å². The second kappa shape index (κ2) is 5.33. The minimum Gasteiger partial charge on any atom is -0.330 e. The molecule has 0 amide bonds. The molecule has 0 radical (unpaired) electrons. The lowest BCUT2D eigenvalue weighted by Gasteiger charge is -2.42.